The number of aryl methyl sites for hydroxylation is 3. The molecule has 0 saturated heterocycles. The van der Waals surface area contributed by atoms with E-state index in [0.29, 0.717) is 63.5 Å². The maximum absolute atomic E-state index is 11.5. The summed E-state index contributed by atoms with van der Waals surface area (Å²) in [7, 11) is 0. The molecular formula is C71H75BBrCl3K2N10NaO7. The van der Waals surface area contributed by atoms with E-state index >= 15 is 0 Å². The molecule has 0 unspecified atom stereocenters. The van der Waals surface area contributed by atoms with Crippen molar-refractivity contribution in [3.05, 3.63) is 229 Å². The SMILES string of the molecule is CC#N.CCCCc1nc(C=O)c(Cl)[nH]1.CCCCc1nc(Cl)c(C=O)n1Cc1ccc(-c2ccccc2C#N)cc1.CCCCc1nc(Cl)c(CO)n1Cc1ccc(-c2ccccc2C#N)cc1.CCO.N#Cc1ccccc1-c1ccc(CBr)cc1.O=CO[O-].[B].[H-].[H-].[K+].[K+].[Na+]. The number of aromatic amines is 1. The number of nitrogens with one attached hydrogen (secondary N) is 1. The number of aldehydes is 2. The van der Waals surface area contributed by atoms with Crippen LogP contribution in [-0.2, 0) is 54.0 Å². The molecule has 17 nitrogen and oxygen atoms in total. The summed E-state index contributed by atoms with van der Waals surface area (Å²) in [6, 6.07) is 55.6. The molecule has 0 amide bonds. The Morgan fingerprint density at radius 2 is 0.938 bits per heavy atom. The summed E-state index contributed by atoms with van der Waals surface area (Å²) in [6.07, 6.45) is 10.2. The molecule has 0 aliphatic carbocycles. The van der Waals surface area contributed by atoms with Gasteiger partial charge in [0.2, 0.25) is 0 Å². The summed E-state index contributed by atoms with van der Waals surface area (Å²) >= 11 is 21.4. The van der Waals surface area contributed by atoms with E-state index < -0.39 is 0 Å². The number of nitriles is 4. The molecule has 485 valence electrons. The fourth-order valence-electron chi connectivity index (χ4n) is 8.83. The van der Waals surface area contributed by atoms with Crippen LogP contribution in [0.25, 0.3) is 33.4 Å². The predicted octanol–water partition coefficient (Wildman–Crippen LogP) is 6.39. The first-order valence-corrected chi connectivity index (χ1v) is 31.7. The Morgan fingerprint density at radius 1 is 0.583 bits per heavy atom. The monoisotopic (exact) mass is 1480 g/mol. The zero-order valence-electron chi connectivity index (χ0n) is 57.5. The maximum Gasteiger partial charge on any atom is 1.00 e. The average molecular weight is 1480 g/mol. The van der Waals surface area contributed by atoms with Gasteiger partial charge in [-0.2, -0.15) is 21.0 Å². The molecule has 3 aromatic heterocycles. The number of rotatable bonds is 21. The molecule has 0 atom stereocenters. The van der Waals surface area contributed by atoms with Gasteiger partial charge in [-0.1, -0.05) is 218 Å². The van der Waals surface area contributed by atoms with E-state index in [-0.39, 0.29) is 168 Å². The number of hydrogen-bond donors (Lipinski definition) is 3. The van der Waals surface area contributed by atoms with Crippen molar-refractivity contribution in [2.75, 3.05) is 6.61 Å². The van der Waals surface area contributed by atoms with Gasteiger partial charge in [-0.15, -0.1) is 0 Å². The van der Waals surface area contributed by atoms with Crippen molar-refractivity contribution in [1.82, 2.24) is 29.1 Å². The molecule has 0 fully saturated rings. The van der Waals surface area contributed by atoms with Gasteiger partial charge < -0.3 is 37.3 Å². The average Bonchev–Trinajstić information content (AvgIpc) is 1.54. The first-order chi connectivity index (χ1) is 44.7. The second-order valence-corrected chi connectivity index (χ2v) is 21.3. The Hall–Kier alpha value is -4.71. The van der Waals surface area contributed by atoms with Gasteiger partial charge in [0.05, 0.1) is 53.3 Å². The Labute approximate surface area is 699 Å². The van der Waals surface area contributed by atoms with Gasteiger partial charge in [0.25, 0.3) is 6.47 Å². The number of aliphatic hydroxyl groups excluding tert-OH is 2. The third-order valence-corrected chi connectivity index (χ3v) is 14.9. The molecular weight excluding hydrogens is 1400 g/mol. The van der Waals surface area contributed by atoms with Gasteiger partial charge in [0.15, 0.2) is 22.9 Å². The van der Waals surface area contributed by atoms with Crippen LogP contribution in [-0.4, -0.2) is 73.3 Å². The molecule has 3 radical (unpaired) electrons. The number of H-pyrrole nitrogens is 1. The number of benzene rings is 6. The molecule has 25 heteroatoms. The number of halogens is 4. The third-order valence-electron chi connectivity index (χ3n) is 13.3. The number of alkyl halides is 1. The van der Waals surface area contributed by atoms with Crippen LogP contribution in [0.4, 0.5) is 0 Å². The number of imidazole rings is 3. The molecule has 0 aliphatic heterocycles. The van der Waals surface area contributed by atoms with Crippen molar-refractivity contribution >= 4 is 78.2 Å². The molecule has 3 heterocycles. The fourth-order valence-corrected chi connectivity index (χ4v) is 9.91. The van der Waals surface area contributed by atoms with Crippen molar-refractivity contribution in [3.63, 3.8) is 0 Å². The molecule has 0 aliphatic rings. The predicted molar refractivity (Wildman–Crippen MR) is 370 cm³/mol. The summed E-state index contributed by atoms with van der Waals surface area (Å²) in [5.41, 5.74) is 12.7. The molecule has 9 aromatic rings. The Morgan fingerprint density at radius 3 is 1.27 bits per heavy atom. The van der Waals surface area contributed by atoms with Gasteiger partial charge in [-0.05, 0) is 94.5 Å². The Kier molecular flexibility index (Phi) is 53.6. The molecule has 9 rings (SSSR count). The molecule has 0 bridgehead atoms. The molecule has 96 heavy (non-hydrogen) atoms. The van der Waals surface area contributed by atoms with Crippen LogP contribution >= 0.6 is 50.7 Å². The molecule has 6 aromatic carbocycles. The topological polar surface area (TPSA) is 283 Å². The quantitative estimate of drug-likeness (QED) is 0.0231. The van der Waals surface area contributed by atoms with Crippen molar-refractivity contribution in [3.8, 4) is 57.7 Å². The summed E-state index contributed by atoms with van der Waals surface area (Å²) in [5.74, 6) is 2.54. The number of nitrogens with zero attached hydrogens (tertiary/aromatic N) is 9. The third kappa shape index (κ3) is 31.2. The van der Waals surface area contributed by atoms with Gasteiger partial charge in [-0.25, -0.2) is 15.0 Å². The summed E-state index contributed by atoms with van der Waals surface area (Å²) < 4.78 is 3.90. The first kappa shape index (κ1) is 93.3. The summed E-state index contributed by atoms with van der Waals surface area (Å²) in [4.78, 5) is 48.7. The summed E-state index contributed by atoms with van der Waals surface area (Å²) in [6.45, 7) is 10.5. The molecule has 0 saturated carbocycles. The van der Waals surface area contributed by atoms with Gasteiger partial charge in [0.1, 0.15) is 34.0 Å². The second-order valence-electron chi connectivity index (χ2n) is 19.7. The number of hydrogen-bond acceptors (Lipinski definition) is 14. The molecule has 0 spiro atoms. The van der Waals surface area contributed by atoms with Crippen molar-refractivity contribution < 1.29 is 170 Å². The minimum Gasteiger partial charge on any atom is -1.00 e. The van der Waals surface area contributed by atoms with Crippen molar-refractivity contribution in [2.24, 2.45) is 0 Å². The fraction of sp³-hybridized carbons (Fsp3) is 0.268. The summed E-state index contributed by atoms with van der Waals surface area (Å²) in [5, 5.41) is 62.4. The number of aromatic nitrogens is 6. The number of carbonyl (C=O) groups excluding carboxylic acids is 3. The van der Waals surface area contributed by atoms with E-state index in [1.807, 2.05) is 143 Å². The maximum atomic E-state index is 11.5. The zero-order valence-corrected chi connectivity index (χ0v) is 67.6. The minimum atomic E-state index is -0.181. The van der Waals surface area contributed by atoms with Crippen molar-refractivity contribution in [2.45, 2.75) is 117 Å². The number of aliphatic hydroxyl groups is 2. The number of unbranched alkanes of at least 4 members (excludes halogenated alkanes) is 3. The van der Waals surface area contributed by atoms with Crippen LogP contribution in [0.15, 0.2) is 146 Å². The Bertz CT molecular complexity index is 3910. The van der Waals surface area contributed by atoms with Crippen LogP contribution in [0.3, 0.4) is 0 Å². The van der Waals surface area contributed by atoms with Crippen LogP contribution in [0, 0.1) is 45.3 Å². The van der Waals surface area contributed by atoms with E-state index in [1.54, 1.807) is 13.0 Å². The standard InChI is InChI=1S/C22H22ClN3O.C22H20ClN3O.C14H10BrN.C8H11ClN2O.C2H3N.C2H6O.CH2O3.B.2K.Na.2H/c2*1-2-3-8-21-25-22(23)20(15-27)26(21)14-16-9-11-17(12-10-16)19-7-5-4-6-18(19)13-24;15-9-11-5-7-12(8-6-11)14-4-2-1-3-13(14)10-16;1-2-3-4-7-10-6(5-12)8(9)11-7;2*1-2-3;2-1-4-3;;;;;;/h4-7,9-12,27H,2-3,8,14-15H2,1H3;4-7,9-12,15H,2-3,8,14H2,1H3;1-8H,9H2;5H,2-4H2,1H3,(H,10,11);1H3;3H,2H2,1H3;1,3H;;;;;;/q;;;;;;;;3*+1;2*-1/p-1. The Balaban J connectivity index is -0.000000582. The zero-order chi connectivity index (χ0) is 67.6. The van der Waals surface area contributed by atoms with Crippen LogP contribution < -0.4 is 138 Å². The van der Waals surface area contributed by atoms with Crippen LogP contribution in [0.5, 0.6) is 0 Å². The van der Waals surface area contributed by atoms with Crippen molar-refractivity contribution in [1.29, 1.82) is 21.0 Å². The first-order valence-electron chi connectivity index (χ1n) is 29.4. The minimum absolute atomic E-state index is 0. The van der Waals surface area contributed by atoms with E-state index in [2.05, 4.69) is 91.9 Å². The second kappa shape index (κ2) is 55.1. The van der Waals surface area contributed by atoms with Gasteiger partial charge >= 0.3 is 132 Å². The van der Waals surface area contributed by atoms with E-state index in [1.165, 1.54) is 12.5 Å². The van der Waals surface area contributed by atoms with Crippen LogP contribution in [0.1, 0.15) is 154 Å². The largest absolute Gasteiger partial charge is 1.00 e. The van der Waals surface area contributed by atoms with Gasteiger partial charge in [0, 0.05) is 59.6 Å². The number of carbonyl (C=O) groups is 3. The normalized spacial score (nSPS) is 9.38. The van der Waals surface area contributed by atoms with E-state index in [0.717, 1.165) is 131 Å². The smallest absolute Gasteiger partial charge is 1.00 e. The van der Waals surface area contributed by atoms with E-state index in [4.69, 9.17) is 60.5 Å². The molecule has 3 N–H and O–H groups in total. The van der Waals surface area contributed by atoms with E-state index in [9.17, 15) is 25.2 Å². The van der Waals surface area contributed by atoms with Crippen LogP contribution in [0.2, 0.25) is 15.5 Å². The van der Waals surface area contributed by atoms with Gasteiger partial charge in [-0.3, -0.25) is 14.4 Å².